The molecular weight excluding hydrogens is 330 g/mol. The molecule has 1 fully saturated rings. The number of carboxylic acids is 1. The number of halogens is 4. The van der Waals surface area contributed by atoms with Gasteiger partial charge >= 0.3 is 12.1 Å². The van der Waals surface area contributed by atoms with Crippen molar-refractivity contribution >= 4 is 11.9 Å². The molecule has 1 saturated heterocycles. The second-order valence-corrected chi connectivity index (χ2v) is 5.88. The van der Waals surface area contributed by atoms with Crippen molar-refractivity contribution in [3.8, 4) is 0 Å². The van der Waals surface area contributed by atoms with Crippen LogP contribution in [0, 0.1) is 11.7 Å². The molecule has 1 aromatic rings. The van der Waals surface area contributed by atoms with Crippen LogP contribution in [0.5, 0.6) is 0 Å². The summed E-state index contributed by atoms with van der Waals surface area (Å²) in [5, 5.41) is 8.71. The van der Waals surface area contributed by atoms with E-state index in [1.807, 2.05) is 0 Å². The first-order valence-corrected chi connectivity index (χ1v) is 7.56. The number of rotatable bonds is 4. The number of nitrogens with zero attached hydrogens (tertiary/aromatic N) is 1. The lowest BCUT2D eigenvalue weighted by Gasteiger charge is -2.33. The molecule has 1 atom stereocenters. The maximum absolute atomic E-state index is 13.1. The van der Waals surface area contributed by atoms with Gasteiger partial charge in [0.25, 0.3) is 5.91 Å². The number of hydrogen-bond acceptors (Lipinski definition) is 2. The Balaban J connectivity index is 2.18. The minimum Gasteiger partial charge on any atom is -0.481 e. The van der Waals surface area contributed by atoms with Gasteiger partial charge < -0.3 is 10.0 Å². The van der Waals surface area contributed by atoms with Gasteiger partial charge in [-0.1, -0.05) is 0 Å². The van der Waals surface area contributed by atoms with Crippen molar-refractivity contribution < 1.29 is 32.3 Å². The molecule has 1 unspecified atom stereocenters. The van der Waals surface area contributed by atoms with E-state index in [1.54, 1.807) is 0 Å². The summed E-state index contributed by atoms with van der Waals surface area (Å²) in [6, 6.07) is 1.99. The summed E-state index contributed by atoms with van der Waals surface area (Å²) in [6.07, 6.45) is -3.18. The van der Waals surface area contributed by atoms with E-state index in [1.165, 1.54) is 4.90 Å². The number of likely N-dealkylation sites (tertiary alicyclic amines) is 1. The van der Waals surface area contributed by atoms with Gasteiger partial charge in [0.1, 0.15) is 5.82 Å². The first-order chi connectivity index (χ1) is 11.2. The standard InChI is InChI=1S/C16H17F4NO3/c17-11-4-5-12(13(8-11)16(18,19)20)15(24)21-7-1-2-10(9-21)3-6-14(22)23/h4-5,8,10H,1-3,6-7,9H2,(H,22,23). The van der Waals surface area contributed by atoms with Crippen molar-refractivity contribution in [1.82, 2.24) is 4.90 Å². The van der Waals surface area contributed by atoms with Crippen LogP contribution < -0.4 is 0 Å². The first kappa shape index (κ1) is 18.2. The second kappa shape index (κ2) is 7.19. The molecule has 0 aromatic heterocycles. The zero-order valence-electron chi connectivity index (χ0n) is 12.8. The number of carboxylic acid groups (broad SMARTS) is 1. The van der Waals surface area contributed by atoms with E-state index in [4.69, 9.17) is 5.11 Å². The molecule has 1 heterocycles. The second-order valence-electron chi connectivity index (χ2n) is 5.88. The van der Waals surface area contributed by atoms with E-state index in [0.29, 0.717) is 25.5 Å². The molecule has 0 spiro atoms. The molecule has 8 heteroatoms. The number of carbonyl (C=O) groups is 2. The van der Waals surface area contributed by atoms with Gasteiger partial charge in [0.2, 0.25) is 0 Å². The van der Waals surface area contributed by atoms with Gasteiger partial charge in [-0.15, -0.1) is 0 Å². The number of alkyl halides is 3. The van der Waals surface area contributed by atoms with E-state index >= 15 is 0 Å². The van der Waals surface area contributed by atoms with Crippen LogP contribution >= 0.6 is 0 Å². The van der Waals surface area contributed by atoms with Crippen LogP contribution in [-0.4, -0.2) is 35.0 Å². The zero-order valence-corrected chi connectivity index (χ0v) is 12.8. The largest absolute Gasteiger partial charge is 0.481 e. The Kier molecular flexibility index (Phi) is 5.46. The van der Waals surface area contributed by atoms with Gasteiger partial charge in [-0.05, 0) is 43.4 Å². The van der Waals surface area contributed by atoms with Crippen molar-refractivity contribution in [2.75, 3.05) is 13.1 Å². The van der Waals surface area contributed by atoms with Gasteiger partial charge in [0.15, 0.2) is 0 Å². The van der Waals surface area contributed by atoms with Gasteiger partial charge in [-0.2, -0.15) is 13.2 Å². The molecule has 24 heavy (non-hydrogen) atoms. The summed E-state index contributed by atoms with van der Waals surface area (Å²) in [5.41, 5.74) is -1.87. The topological polar surface area (TPSA) is 57.6 Å². The normalized spacial score (nSPS) is 18.5. The maximum atomic E-state index is 13.1. The van der Waals surface area contributed by atoms with E-state index in [0.717, 1.165) is 18.6 Å². The lowest BCUT2D eigenvalue weighted by atomic mass is 9.92. The van der Waals surface area contributed by atoms with Crippen molar-refractivity contribution in [1.29, 1.82) is 0 Å². The van der Waals surface area contributed by atoms with Crippen molar-refractivity contribution in [3.05, 3.63) is 35.1 Å². The summed E-state index contributed by atoms with van der Waals surface area (Å²) in [4.78, 5) is 24.4. The Bertz CT molecular complexity index is 630. The van der Waals surface area contributed by atoms with Gasteiger partial charge in [0, 0.05) is 19.5 Å². The summed E-state index contributed by atoms with van der Waals surface area (Å²) in [5.74, 6) is -2.87. The molecule has 0 aliphatic carbocycles. The number of amides is 1. The summed E-state index contributed by atoms with van der Waals surface area (Å²) in [7, 11) is 0. The molecule has 0 saturated carbocycles. The molecule has 1 aromatic carbocycles. The molecular formula is C16H17F4NO3. The monoisotopic (exact) mass is 347 g/mol. The van der Waals surface area contributed by atoms with E-state index in [-0.39, 0.29) is 18.9 Å². The fourth-order valence-electron chi connectivity index (χ4n) is 2.92. The third-order valence-electron chi connectivity index (χ3n) is 4.09. The molecule has 1 aliphatic rings. The fraction of sp³-hybridized carbons (Fsp3) is 0.500. The molecule has 132 valence electrons. The molecule has 1 N–H and O–H groups in total. The highest BCUT2D eigenvalue weighted by Gasteiger charge is 2.37. The van der Waals surface area contributed by atoms with Crippen LogP contribution in [0.1, 0.15) is 41.6 Å². The number of piperidine rings is 1. The van der Waals surface area contributed by atoms with Gasteiger partial charge in [-0.3, -0.25) is 9.59 Å². The van der Waals surface area contributed by atoms with E-state index in [2.05, 4.69) is 0 Å². The highest BCUT2D eigenvalue weighted by molar-refractivity contribution is 5.96. The average molecular weight is 347 g/mol. The Morgan fingerprint density at radius 2 is 2.00 bits per heavy atom. The van der Waals surface area contributed by atoms with Crippen LogP contribution in [0.15, 0.2) is 18.2 Å². The molecule has 1 amide bonds. The lowest BCUT2D eigenvalue weighted by molar-refractivity contribution is -0.138. The van der Waals surface area contributed by atoms with Gasteiger partial charge in [0.05, 0.1) is 11.1 Å². The summed E-state index contributed by atoms with van der Waals surface area (Å²) < 4.78 is 52.3. The number of benzene rings is 1. The predicted molar refractivity (Wildman–Crippen MR) is 76.9 cm³/mol. The third-order valence-corrected chi connectivity index (χ3v) is 4.09. The molecule has 0 radical (unpaired) electrons. The quantitative estimate of drug-likeness (QED) is 0.848. The number of aliphatic carboxylic acids is 1. The van der Waals surface area contributed by atoms with Crippen molar-refractivity contribution in [3.63, 3.8) is 0 Å². The molecule has 1 aliphatic heterocycles. The minimum atomic E-state index is -4.83. The zero-order chi connectivity index (χ0) is 17.9. The van der Waals surface area contributed by atoms with Crippen LogP contribution in [0.25, 0.3) is 0 Å². The Hall–Kier alpha value is -2.12. The van der Waals surface area contributed by atoms with Crippen molar-refractivity contribution in [2.45, 2.75) is 31.9 Å². The highest BCUT2D eigenvalue weighted by Crippen LogP contribution is 2.34. The average Bonchev–Trinajstić information content (AvgIpc) is 2.51. The predicted octanol–water partition coefficient (Wildman–Crippen LogP) is 3.56. The Labute approximate surface area is 136 Å². The summed E-state index contributed by atoms with van der Waals surface area (Å²) in [6.45, 7) is 0.512. The minimum absolute atomic E-state index is 0.0446. The van der Waals surface area contributed by atoms with Crippen LogP contribution in [0.3, 0.4) is 0 Å². The Morgan fingerprint density at radius 3 is 2.62 bits per heavy atom. The lowest BCUT2D eigenvalue weighted by Crippen LogP contribution is -2.40. The summed E-state index contributed by atoms with van der Waals surface area (Å²) >= 11 is 0. The smallest absolute Gasteiger partial charge is 0.417 e. The molecule has 4 nitrogen and oxygen atoms in total. The van der Waals surface area contributed by atoms with E-state index in [9.17, 15) is 27.2 Å². The third kappa shape index (κ3) is 4.46. The molecule has 0 bridgehead atoms. The van der Waals surface area contributed by atoms with Crippen LogP contribution in [0.4, 0.5) is 17.6 Å². The van der Waals surface area contributed by atoms with Crippen LogP contribution in [-0.2, 0) is 11.0 Å². The first-order valence-electron chi connectivity index (χ1n) is 7.56. The number of carbonyl (C=O) groups excluding carboxylic acids is 1. The fourth-order valence-corrected chi connectivity index (χ4v) is 2.92. The Morgan fingerprint density at radius 1 is 1.29 bits per heavy atom. The van der Waals surface area contributed by atoms with Crippen molar-refractivity contribution in [2.24, 2.45) is 5.92 Å². The van der Waals surface area contributed by atoms with E-state index < -0.39 is 35.0 Å². The SMILES string of the molecule is O=C(O)CCC1CCCN(C(=O)c2ccc(F)cc2C(F)(F)F)C1. The van der Waals surface area contributed by atoms with Crippen LogP contribution in [0.2, 0.25) is 0 Å². The number of hydrogen-bond donors (Lipinski definition) is 1. The van der Waals surface area contributed by atoms with Gasteiger partial charge in [-0.25, -0.2) is 4.39 Å². The maximum Gasteiger partial charge on any atom is 0.417 e. The molecule has 2 rings (SSSR count). The highest BCUT2D eigenvalue weighted by atomic mass is 19.4.